The van der Waals surface area contributed by atoms with Gasteiger partial charge in [0.2, 0.25) is 0 Å². The SMILES string of the molecule is CCc1ccc(CCC2=CC=CC2C)o1. The van der Waals surface area contributed by atoms with Crippen LogP contribution in [0.15, 0.2) is 40.4 Å². The number of furan rings is 1. The van der Waals surface area contributed by atoms with Crippen LogP contribution in [0.25, 0.3) is 0 Å². The Morgan fingerprint density at radius 2 is 2.00 bits per heavy atom. The Morgan fingerprint density at radius 1 is 1.20 bits per heavy atom. The molecule has 1 unspecified atom stereocenters. The fourth-order valence-corrected chi connectivity index (χ4v) is 1.95. The number of hydrogen-bond acceptors (Lipinski definition) is 1. The monoisotopic (exact) mass is 202 g/mol. The van der Waals surface area contributed by atoms with Crippen LogP contribution in [0.5, 0.6) is 0 Å². The third kappa shape index (κ3) is 2.41. The first-order chi connectivity index (χ1) is 7.29. The average Bonchev–Trinajstić information content (AvgIpc) is 2.84. The lowest BCUT2D eigenvalue weighted by Crippen LogP contribution is -1.94. The second kappa shape index (κ2) is 4.52. The van der Waals surface area contributed by atoms with Gasteiger partial charge in [0.1, 0.15) is 11.5 Å². The quantitative estimate of drug-likeness (QED) is 0.721. The molecule has 1 nitrogen and oxygen atoms in total. The van der Waals surface area contributed by atoms with E-state index in [9.17, 15) is 0 Å². The molecule has 0 N–H and O–H groups in total. The molecule has 0 amide bonds. The first kappa shape index (κ1) is 10.3. The van der Waals surface area contributed by atoms with Gasteiger partial charge in [-0.05, 0) is 24.5 Å². The van der Waals surface area contributed by atoms with Crippen molar-refractivity contribution in [2.24, 2.45) is 5.92 Å². The molecule has 80 valence electrons. The normalized spacial score (nSPS) is 19.6. The van der Waals surface area contributed by atoms with E-state index in [2.05, 4.69) is 44.2 Å². The molecule has 0 radical (unpaired) electrons. The summed E-state index contributed by atoms with van der Waals surface area (Å²) in [4.78, 5) is 0. The van der Waals surface area contributed by atoms with Crippen LogP contribution in [-0.2, 0) is 12.8 Å². The van der Waals surface area contributed by atoms with Gasteiger partial charge in [-0.1, -0.05) is 37.6 Å². The van der Waals surface area contributed by atoms with Crippen LogP contribution < -0.4 is 0 Å². The first-order valence-electron chi connectivity index (χ1n) is 5.74. The largest absolute Gasteiger partial charge is 0.466 e. The lowest BCUT2D eigenvalue weighted by Gasteiger charge is -2.06. The van der Waals surface area contributed by atoms with E-state index in [1.54, 1.807) is 0 Å². The van der Waals surface area contributed by atoms with E-state index in [1.807, 2.05) is 0 Å². The summed E-state index contributed by atoms with van der Waals surface area (Å²) in [6.45, 7) is 4.36. The Balaban J connectivity index is 1.88. The highest BCUT2D eigenvalue weighted by atomic mass is 16.3. The molecule has 0 saturated heterocycles. The van der Waals surface area contributed by atoms with Crippen molar-refractivity contribution in [1.29, 1.82) is 0 Å². The Hall–Kier alpha value is -1.24. The molecule has 0 fully saturated rings. The van der Waals surface area contributed by atoms with Crippen molar-refractivity contribution in [2.45, 2.75) is 33.1 Å². The van der Waals surface area contributed by atoms with Crippen molar-refractivity contribution in [3.05, 3.63) is 47.5 Å². The van der Waals surface area contributed by atoms with Crippen LogP contribution in [0.4, 0.5) is 0 Å². The van der Waals surface area contributed by atoms with Crippen molar-refractivity contribution < 1.29 is 4.42 Å². The van der Waals surface area contributed by atoms with Crippen molar-refractivity contribution in [1.82, 2.24) is 0 Å². The number of allylic oxidation sites excluding steroid dienone is 4. The van der Waals surface area contributed by atoms with Gasteiger partial charge < -0.3 is 4.42 Å². The predicted molar refractivity (Wildman–Crippen MR) is 62.8 cm³/mol. The van der Waals surface area contributed by atoms with Crippen molar-refractivity contribution >= 4 is 0 Å². The first-order valence-corrected chi connectivity index (χ1v) is 5.74. The summed E-state index contributed by atoms with van der Waals surface area (Å²) in [7, 11) is 0. The van der Waals surface area contributed by atoms with Gasteiger partial charge in [0, 0.05) is 12.8 Å². The van der Waals surface area contributed by atoms with Gasteiger partial charge in [0.25, 0.3) is 0 Å². The topological polar surface area (TPSA) is 13.1 Å². The van der Waals surface area contributed by atoms with Gasteiger partial charge >= 0.3 is 0 Å². The molecular weight excluding hydrogens is 184 g/mol. The molecule has 0 bridgehead atoms. The summed E-state index contributed by atoms with van der Waals surface area (Å²) in [5.41, 5.74) is 1.52. The second-order valence-electron chi connectivity index (χ2n) is 4.14. The van der Waals surface area contributed by atoms with Gasteiger partial charge in [-0.15, -0.1) is 0 Å². The second-order valence-corrected chi connectivity index (χ2v) is 4.14. The van der Waals surface area contributed by atoms with Gasteiger partial charge in [-0.25, -0.2) is 0 Å². The van der Waals surface area contributed by atoms with Crippen LogP contribution in [0.3, 0.4) is 0 Å². The molecule has 1 aromatic rings. The molecule has 1 aliphatic carbocycles. The van der Waals surface area contributed by atoms with Crippen molar-refractivity contribution in [3.8, 4) is 0 Å². The van der Waals surface area contributed by atoms with Crippen LogP contribution >= 0.6 is 0 Å². The third-order valence-corrected chi connectivity index (χ3v) is 3.02. The van der Waals surface area contributed by atoms with Crippen molar-refractivity contribution in [2.75, 3.05) is 0 Å². The zero-order chi connectivity index (χ0) is 10.7. The molecular formula is C14H18O. The molecule has 0 aromatic carbocycles. The fourth-order valence-electron chi connectivity index (χ4n) is 1.95. The Bertz CT molecular complexity index is 382. The highest BCUT2D eigenvalue weighted by Crippen LogP contribution is 2.23. The van der Waals surface area contributed by atoms with Gasteiger partial charge in [0.05, 0.1) is 0 Å². The third-order valence-electron chi connectivity index (χ3n) is 3.02. The maximum Gasteiger partial charge on any atom is 0.104 e. The highest BCUT2D eigenvalue weighted by Gasteiger charge is 2.10. The summed E-state index contributed by atoms with van der Waals surface area (Å²) < 4.78 is 5.68. The van der Waals surface area contributed by atoms with Gasteiger partial charge in [-0.3, -0.25) is 0 Å². The molecule has 15 heavy (non-hydrogen) atoms. The minimum atomic E-state index is 0.616. The molecule has 2 rings (SSSR count). The Kier molecular flexibility index (Phi) is 3.10. The van der Waals surface area contributed by atoms with Gasteiger partial charge in [0.15, 0.2) is 0 Å². The standard InChI is InChI=1S/C14H18O/c1-3-13-9-10-14(15-13)8-7-12-6-4-5-11(12)2/h4-6,9-11H,3,7-8H2,1-2H3. The summed E-state index contributed by atoms with van der Waals surface area (Å²) in [5, 5.41) is 0. The van der Waals surface area contributed by atoms with E-state index >= 15 is 0 Å². The maximum absolute atomic E-state index is 5.68. The molecule has 1 heteroatoms. The summed E-state index contributed by atoms with van der Waals surface area (Å²) in [6, 6.07) is 4.19. The molecule has 1 heterocycles. The van der Waals surface area contributed by atoms with E-state index in [0.29, 0.717) is 5.92 Å². The summed E-state index contributed by atoms with van der Waals surface area (Å²) in [5.74, 6) is 2.83. The zero-order valence-corrected chi connectivity index (χ0v) is 9.49. The van der Waals surface area contributed by atoms with Gasteiger partial charge in [-0.2, -0.15) is 0 Å². The lowest BCUT2D eigenvalue weighted by atomic mass is 10.00. The summed E-state index contributed by atoms with van der Waals surface area (Å²) >= 11 is 0. The van der Waals surface area contributed by atoms with E-state index < -0.39 is 0 Å². The molecule has 1 aliphatic rings. The number of rotatable bonds is 4. The predicted octanol–water partition coefficient (Wildman–Crippen LogP) is 3.91. The molecule has 0 aliphatic heterocycles. The molecule has 1 aromatic heterocycles. The molecule has 1 atom stereocenters. The smallest absolute Gasteiger partial charge is 0.104 e. The Morgan fingerprint density at radius 3 is 2.60 bits per heavy atom. The molecule has 0 saturated carbocycles. The minimum Gasteiger partial charge on any atom is -0.466 e. The summed E-state index contributed by atoms with van der Waals surface area (Å²) in [6.07, 6.45) is 9.76. The fraction of sp³-hybridized carbons (Fsp3) is 0.429. The van der Waals surface area contributed by atoms with E-state index in [-0.39, 0.29) is 0 Å². The minimum absolute atomic E-state index is 0.616. The van der Waals surface area contributed by atoms with Crippen molar-refractivity contribution in [3.63, 3.8) is 0 Å². The average molecular weight is 202 g/mol. The zero-order valence-electron chi connectivity index (χ0n) is 9.49. The molecule has 0 spiro atoms. The van der Waals surface area contributed by atoms with E-state index in [4.69, 9.17) is 4.42 Å². The number of aryl methyl sites for hydroxylation is 2. The van der Waals surface area contributed by atoms with Crippen LogP contribution in [-0.4, -0.2) is 0 Å². The van der Waals surface area contributed by atoms with E-state index in [0.717, 1.165) is 30.8 Å². The van der Waals surface area contributed by atoms with Crippen LogP contribution in [0.1, 0.15) is 31.8 Å². The van der Waals surface area contributed by atoms with Crippen LogP contribution in [0.2, 0.25) is 0 Å². The Labute approximate surface area is 91.5 Å². The number of hydrogen-bond donors (Lipinski definition) is 0. The lowest BCUT2D eigenvalue weighted by molar-refractivity contribution is 0.467. The van der Waals surface area contributed by atoms with Crippen LogP contribution in [0, 0.1) is 5.92 Å². The maximum atomic E-state index is 5.68. The van der Waals surface area contributed by atoms with E-state index in [1.165, 1.54) is 5.57 Å². The highest BCUT2D eigenvalue weighted by molar-refractivity contribution is 5.27.